The molecule has 7 heteroatoms. The zero-order valence-corrected chi connectivity index (χ0v) is 12.3. The van der Waals surface area contributed by atoms with Crippen LogP contribution in [0.25, 0.3) is 10.2 Å². The van der Waals surface area contributed by atoms with Gasteiger partial charge in [-0.2, -0.15) is 4.98 Å². The Morgan fingerprint density at radius 2 is 2.30 bits per heavy atom. The molecule has 0 bridgehead atoms. The highest BCUT2D eigenvalue weighted by atomic mass is 32.1. The minimum Gasteiger partial charge on any atom is -0.365 e. The molecule has 0 aliphatic carbocycles. The first-order valence-corrected chi connectivity index (χ1v) is 7.49. The van der Waals surface area contributed by atoms with E-state index in [-0.39, 0.29) is 11.9 Å². The van der Waals surface area contributed by atoms with Gasteiger partial charge in [-0.3, -0.25) is 4.79 Å². The van der Waals surface area contributed by atoms with E-state index in [1.807, 2.05) is 25.5 Å². The molecule has 2 N–H and O–H groups in total. The normalized spacial score (nSPS) is 19.4. The molecule has 1 saturated heterocycles. The number of aromatic nitrogens is 2. The molecule has 20 heavy (non-hydrogen) atoms. The van der Waals surface area contributed by atoms with Gasteiger partial charge in [-0.1, -0.05) is 0 Å². The van der Waals surface area contributed by atoms with Crippen LogP contribution in [-0.2, 0) is 4.79 Å². The summed E-state index contributed by atoms with van der Waals surface area (Å²) < 4.78 is 0. The minimum absolute atomic E-state index is 0.210. The lowest BCUT2D eigenvalue weighted by atomic mass is 10.1. The van der Waals surface area contributed by atoms with Gasteiger partial charge in [-0.25, -0.2) is 4.98 Å². The summed E-state index contributed by atoms with van der Waals surface area (Å²) in [5, 5.41) is 9.49. The monoisotopic (exact) mass is 291 g/mol. The Hall–Kier alpha value is -1.89. The van der Waals surface area contributed by atoms with Crippen molar-refractivity contribution in [1.29, 1.82) is 0 Å². The fourth-order valence-corrected chi connectivity index (χ4v) is 3.16. The van der Waals surface area contributed by atoms with Crippen LogP contribution in [-0.4, -0.2) is 47.5 Å². The van der Waals surface area contributed by atoms with E-state index in [2.05, 4.69) is 20.6 Å². The lowest BCUT2D eigenvalue weighted by Crippen LogP contribution is -2.43. The fourth-order valence-electron chi connectivity index (χ4n) is 2.40. The van der Waals surface area contributed by atoms with E-state index in [0.29, 0.717) is 18.9 Å². The van der Waals surface area contributed by atoms with Gasteiger partial charge in [0.1, 0.15) is 10.6 Å². The summed E-state index contributed by atoms with van der Waals surface area (Å²) in [5.41, 5.74) is 0. The molecule has 0 radical (unpaired) electrons. The van der Waals surface area contributed by atoms with Crippen LogP contribution in [0, 0.1) is 0 Å². The van der Waals surface area contributed by atoms with Crippen LogP contribution < -0.4 is 10.6 Å². The quantitative estimate of drug-likeness (QED) is 0.902. The Bertz CT molecular complexity index is 641. The van der Waals surface area contributed by atoms with Crippen LogP contribution in [0.3, 0.4) is 0 Å². The standard InChI is InChI=1S/C13H17N5OS/c1-14-13-16-11(9-5-6-20-12(9)17-13)15-8-3-4-10(19)18(2)7-8/h5-6,8H,3-4,7H2,1-2H3,(H2,14,15,16,17). The van der Waals surface area contributed by atoms with E-state index in [4.69, 9.17) is 0 Å². The number of nitrogens with zero attached hydrogens (tertiary/aromatic N) is 3. The number of likely N-dealkylation sites (N-methyl/N-ethyl adjacent to an activating group) is 1. The van der Waals surface area contributed by atoms with Gasteiger partial charge in [0.25, 0.3) is 0 Å². The molecule has 0 aromatic carbocycles. The van der Waals surface area contributed by atoms with E-state index in [1.54, 1.807) is 16.2 Å². The zero-order chi connectivity index (χ0) is 14.1. The van der Waals surface area contributed by atoms with Crippen molar-refractivity contribution in [2.75, 3.05) is 31.3 Å². The van der Waals surface area contributed by atoms with E-state index in [0.717, 1.165) is 22.5 Å². The minimum atomic E-state index is 0.210. The van der Waals surface area contributed by atoms with Crippen LogP contribution in [0.5, 0.6) is 0 Å². The molecule has 3 heterocycles. The molecule has 3 rings (SSSR count). The largest absolute Gasteiger partial charge is 0.365 e. The molecular weight excluding hydrogens is 274 g/mol. The highest BCUT2D eigenvalue weighted by Gasteiger charge is 2.23. The molecule has 1 atom stereocenters. The predicted molar refractivity (Wildman–Crippen MR) is 81.2 cm³/mol. The SMILES string of the molecule is CNc1nc(NC2CCC(=O)N(C)C2)c2ccsc2n1. The second-order valence-corrected chi connectivity index (χ2v) is 5.83. The third kappa shape index (κ3) is 2.40. The highest BCUT2D eigenvalue weighted by Crippen LogP contribution is 2.27. The number of carbonyl (C=O) groups excluding carboxylic acids is 1. The smallest absolute Gasteiger partial charge is 0.225 e. The molecule has 0 saturated carbocycles. The first kappa shape index (κ1) is 13.1. The number of anilines is 2. The van der Waals surface area contributed by atoms with Crippen LogP contribution in [0.4, 0.5) is 11.8 Å². The number of piperidine rings is 1. The molecule has 6 nitrogen and oxygen atoms in total. The van der Waals surface area contributed by atoms with Crippen LogP contribution in [0.1, 0.15) is 12.8 Å². The number of thiophene rings is 1. The average Bonchev–Trinajstić information content (AvgIpc) is 2.91. The van der Waals surface area contributed by atoms with Crippen molar-refractivity contribution in [1.82, 2.24) is 14.9 Å². The molecular formula is C13H17N5OS. The second-order valence-electron chi connectivity index (χ2n) is 4.94. The van der Waals surface area contributed by atoms with Crippen molar-refractivity contribution in [2.45, 2.75) is 18.9 Å². The van der Waals surface area contributed by atoms with Gasteiger partial charge in [-0.15, -0.1) is 11.3 Å². The number of amides is 1. The Morgan fingerprint density at radius 3 is 3.05 bits per heavy atom. The molecule has 2 aromatic rings. The molecule has 1 aliphatic rings. The lowest BCUT2D eigenvalue weighted by Gasteiger charge is -2.30. The molecule has 1 fully saturated rings. The Morgan fingerprint density at radius 1 is 1.45 bits per heavy atom. The Kier molecular flexibility index (Phi) is 3.43. The summed E-state index contributed by atoms with van der Waals surface area (Å²) in [5.74, 6) is 1.67. The van der Waals surface area contributed by atoms with Gasteiger partial charge < -0.3 is 15.5 Å². The Balaban J connectivity index is 1.86. The second kappa shape index (κ2) is 5.24. The maximum atomic E-state index is 11.5. The summed E-state index contributed by atoms with van der Waals surface area (Å²) in [7, 11) is 3.65. The fraction of sp³-hybridized carbons (Fsp3) is 0.462. The Labute approximate surface area is 121 Å². The molecule has 0 spiro atoms. The van der Waals surface area contributed by atoms with E-state index >= 15 is 0 Å². The molecule has 1 unspecified atom stereocenters. The van der Waals surface area contributed by atoms with Gasteiger partial charge in [0.2, 0.25) is 11.9 Å². The van der Waals surface area contributed by atoms with E-state index in [9.17, 15) is 4.79 Å². The summed E-state index contributed by atoms with van der Waals surface area (Å²) in [6, 6.07) is 2.26. The molecule has 1 amide bonds. The number of nitrogens with one attached hydrogen (secondary N) is 2. The zero-order valence-electron chi connectivity index (χ0n) is 11.5. The number of fused-ring (bicyclic) bond motifs is 1. The van der Waals surface area contributed by atoms with Crippen LogP contribution >= 0.6 is 11.3 Å². The van der Waals surface area contributed by atoms with Gasteiger partial charge in [0.05, 0.1) is 5.39 Å². The van der Waals surface area contributed by atoms with Gasteiger partial charge >= 0.3 is 0 Å². The van der Waals surface area contributed by atoms with Crippen molar-refractivity contribution >= 4 is 39.2 Å². The predicted octanol–water partition coefficient (Wildman–Crippen LogP) is 1.77. The maximum absolute atomic E-state index is 11.5. The first-order valence-electron chi connectivity index (χ1n) is 6.61. The average molecular weight is 291 g/mol. The van der Waals surface area contributed by atoms with E-state index in [1.165, 1.54) is 0 Å². The number of hydrogen-bond acceptors (Lipinski definition) is 6. The number of likely N-dealkylation sites (tertiary alicyclic amines) is 1. The number of hydrogen-bond donors (Lipinski definition) is 2. The maximum Gasteiger partial charge on any atom is 0.225 e. The lowest BCUT2D eigenvalue weighted by molar-refractivity contribution is -0.132. The third-order valence-electron chi connectivity index (χ3n) is 3.52. The molecule has 2 aromatic heterocycles. The van der Waals surface area contributed by atoms with Gasteiger partial charge in [0, 0.05) is 33.1 Å². The summed E-state index contributed by atoms with van der Waals surface area (Å²) in [6.45, 7) is 0.712. The van der Waals surface area contributed by atoms with Crippen molar-refractivity contribution < 1.29 is 4.79 Å². The topological polar surface area (TPSA) is 70.2 Å². The first-order chi connectivity index (χ1) is 9.67. The van der Waals surface area contributed by atoms with Gasteiger partial charge in [-0.05, 0) is 17.9 Å². The molecule has 1 aliphatic heterocycles. The molecule has 106 valence electrons. The highest BCUT2D eigenvalue weighted by molar-refractivity contribution is 7.16. The van der Waals surface area contributed by atoms with E-state index < -0.39 is 0 Å². The van der Waals surface area contributed by atoms with Crippen LogP contribution in [0.15, 0.2) is 11.4 Å². The summed E-state index contributed by atoms with van der Waals surface area (Å²) in [4.78, 5) is 23.2. The van der Waals surface area contributed by atoms with Crippen molar-refractivity contribution in [2.24, 2.45) is 0 Å². The van der Waals surface area contributed by atoms with Crippen molar-refractivity contribution in [3.63, 3.8) is 0 Å². The van der Waals surface area contributed by atoms with Gasteiger partial charge in [0.15, 0.2) is 0 Å². The van der Waals surface area contributed by atoms with Crippen LogP contribution in [0.2, 0.25) is 0 Å². The summed E-state index contributed by atoms with van der Waals surface area (Å²) in [6.07, 6.45) is 1.43. The number of rotatable bonds is 3. The third-order valence-corrected chi connectivity index (χ3v) is 4.32. The van der Waals surface area contributed by atoms with Crippen molar-refractivity contribution in [3.8, 4) is 0 Å². The van der Waals surface area contributed by atoms with Crippen molar-refractivity contribution in [3.05, 3.63) is 11.4 Å². The number of carbonyl (C=O) groups is 1. The summed E-state index contributed by atoms with van der Waals surface area (Å²) >= 11 is 1.60.